The number of aliphatic hydroxyl groups is 1. The molecule has 3 N–H and O–H groups in total. The highest BCUT2D eigenvalue weighted by Gasteiger charge is 2.19. The van der Waals surface area contributed by atoms with Gasteiger partial charge in [-0.05, 0) is 18.9 Å². The predicted molar refractivity (Wildman–Crippen MR) is 35.8 cm³/mol. The minimum Gasteiger partial charge on any atom is -0.396 e. The quantitative estimate of drug-likeness (QED) is 0.515. The zero-order chi connectivity index (χ0) is 6.69. The van der Waals surface area contributed by atoms with Crippen LogP contribution in [0, 0.1) is 5.92 Å². The molecule has 0 aromatic heterocycles. The summed E-state index contributed by atoms with van der Waals surface area (Å²) in [4.78, 5) is 2.15. The Labute approximate surface area is 55.5 Å². The standard InChI is InChI=1S/C6H14N2O/c7-5-8-2-1-6(3-8)4-9/h6,9H,1-5,7H2. The maximum Gasteiger partial charge on any atom is 0.0471 e. The number of rotatable bonds is 2. The van der Waals surface area contributed by atoms with Gasteiger partial charge in [0.25, 0.3) is 0 Å². The Morgan fingerprint density at radius 2 is 2.44 bits per heavy atom. The minimum atomic E-state index is 0.316. The van der Waals surface area contributed by atoms with Crippen molar-refractivity contribution in [2.75, 3.05) is 26.4 Å². The van der Waals surface area contributed by atoms with E-state index >= 15 is 0 Å². The molecule has 1 saturated heterocycles. The largest absolute Gasteiger partial charge is 0.396 e. The van der Waals surface area contributed by atoms with E-state index in [9.17, 15) is 0 Å². The van der Waals surface area contributed by atoms with Crippen LogP contribution in [0.1, 0.15) is 6.42 Å². The average molecular weight is 130 g/mol. The summed E-state index contributed by atoms with van der Waals surface area (Å²) >= 11 is 0. The first kappa shape index (κ1) is 6.99. The highest BCUT2D eigenvalue weighted by Crippen LogP contribution is 2.13. The van der Waals surface area contributed by atoms with Crippen LogP contribution in [0.5, 0.6) is 0 Å². The summed E-state index contributed by atoms with van der Waals surface area (Å²) in [7, 11) is 0. The molecule has 0 spiro atoms. The maximum absolute atomic E-state index is 8.71. The molecule has 1 unspecified atom stereocenters. The van der Waals surface area contributed by atoms with E-state index in [0.717, 1.165) is 19.5 Å². The van der Waals surface area contributed by atoms with Crippen LogP contribution in [-0.2, 0) is 0 Å². The lowest BCUT2D eigenvalue weighted by Crippen LogP contribution is -2.27. The van der Waals surface area contributed by atoms with Crippen molar-refractivity contribution < 1.29 is 5.11 Å². The van der Waals surface area contributed by atoms with Gasteiger partial charge in [0.1, 0.15) is 0 Å². The average Bonchev–Trinajstić information content (AvgIpc) is 2.34. The number of nitrogens with zero attached hydrogens (tertiary/aromatic N) is 1. The van der Waals surface area contributed by atoms with Gasteiger partial charge in [-0.3, -0.25) is 4.90 Å². The van der Waals surface area contributed by atoms with Gasteiger partial charge in [-0.2, -0.15) is 0 Å². The molecule has 0 radical (unpaired) electrons. The van der Waals surface area contributed by atoms with Gasteiger partial charge in [-0.15, -0.1) is 0 Å². The molecular formula is C6H14N2O. The van der Waals surface area contributed by atoms with Crippen molar-refractivity contribution in [3.05, 3.63) is 0 Å². The van der Waals surface area contributed by atoms with E-state index in [1.807, 2.05) is 0 Å². The first-order valence-corrected chi connectivity index (χ1v) is 3.40. The highest BCUT2D eigenvalue weighted by atomic mass is 16.3. The van der Waals surface area contributed by atoms with E-state index in [1.54, 1.807) is 0 Å². The molecular weight excluding hydrogens is 116 g/mol. The fourth-order valence-corrected chi connectivity index (χ4v) is 1.23. The van der Waals surface area contributed by atoms with Crippen molar-refractivity contribution in [1.82, 2.24) is 4.90 Å². The second-order valence-corrected chi connectivity index (χ2v) is 2.60. The molecule has 0 aliphatic carbocycles. The molecule has 0 aromatic rings. The van der Waals surface area contributed by atoms with Crippen LogP contribution in [0.15, 0.2) is 0 Å². The second-order valence-electron chi connectivity index (χ2n) is 2.60. The smallest absolute Gasteiger partial charge is 0.0471 e. The van der Waals surface area contributed by atoms with Crippen LogP contribution in [0.2, 0.25) is 0 Å². The maximum atomic E-state index is 8.71. The van der Waals surface area contributed by atoms with E-state index in [-0.39, 0.29) is 0 Å². The third kappa shape index (κ3) is 1.64. The van der Waals surface area contributed by atoms with Gasteiger partial charge in [0, 0.05) is 19.8 Å². The lowest BCUT2D eigenvalue weighted by Gasteiger charge is -2.10. The van der Waals surface area contributed by atoms with Gasteiger partial charge in [0.15, 0.2) is 0 Å². The van der Waals surface area contributed by atoms with E-state index in [1.165, 1.54) is 0 Å². The zero-order valence-corrected chi connectivity index (χ0v) is 5.58. The van der Waals surface area contributed by atoms with Gasteiger partial charge in [-0.25, -0.2) is 0 Å². The molecule has 54 valence electrons. The predicted octanol–water partition coefficient (Wildman–Crippen LogP) is -0.783. The van der Waals surface area contributed by atoms with Crippen LogP contribution in [0.25, 0.3) is 0 Å². The molecule has 1 heterocycles. The summed E-state index contributed by atoms with van der Waals surface area (Å²) in [5.41, 5.74) is 5.40. The molecule has 3 heteroatoms. The molecule has 3 nitrogen and oxygen atoms in total. The SMILES string of the molecule is NCN1CCC(CO)C1. The summed E-state index contributed by atoms with van der Waals surface area (Å²) in [6.45, 7) is 2.99. The Morgan fingerprint density at radius 3 is 2.78 bits per heavy atom. The van der Waals surface area contributed by atoms with E-state index in [2.05, 4.69) is 4.90 Å². The van der Waals surface area contributed by atoms with Crippen molar-refractivity contribution in [2.24, 2.45) is 11.7 Å². The topological polar surface area (TPSA) is 49.5 Å². The van der Waals surface area contributed by atoms with Gasteiger partial charge in [-0.1, -0.05) is 0 Å². The van der Waals surface area contributed by atoms with Crippen molar-refractivity contribution in [3.63, 3.8) is 0 Å². The molecule has 0 bridgehead atoms. The van der Waals surface area contributed by atoms with Gasteiger partial charge in [0.05, 0.1) is 0 Å². The zero-order valence-electron chi connectivity index (χ0n) is 5.58. The molecule has 1 fully saturated rings. The van der Waals surface area contributed by atoms with Crippen molar-refractivity contribution in [1.29, 1.82) is 0 Å². The molecule has 0 aromatic carbocycles. The number of hydrogen-bond donors (Lipinski definition) is 2. The Hall–Kier alpha value is -0.120. The summed E-state index contributed by atoms with van der Waals surface area (Å²) in [6.07, 6.45) is 1.10. The summed E-state index contributed by atoms with van der Waals surface area (Å²) in [5, 5.41) is 8.71. The Bertz CT molecular complexity index is 77.1. The van der Waals surface area contributed by atoms with Crippen LogP contribution in [0.3, 0.4) is 0 Å². The van der Waals surface area contributed by atoms with Gasteiger partial charge in [0.2, 0.25) is 0 Å². The fourth-order valence-electron chi connectivity index (χ4n) is 1.23. The molecule has 9 heavy (non-hydrogen) atoms. The first-order valence-electron chi connectivity index (χ1n) is 3.40. The molecule has 0 amide bonds. The van der Waals surface area contributed by atoms with E-state index < -0.39 is 0 Å². The second kappa shape index (κ2) is 3.15. The molecule has 1 rings (SSSR count). The Morgan fingerprint density at radius 1 is 1.67 bits per heavy atom. The molecule has 1 atom stereocenters. The Balaban J connectivity index is 2.20. The molecule has 1 aliphatic heterocycles. The number of aliphatic hydroxyl groups excluding tert-OH is 1. The molecule has 0 saturated carbocycles. The number of nitrogens with two attached hydrogens (primary N) is 1. The summed E-state index contributed by atoms with van der Waals surface area (Å²) < 4.78 is 0. The Kier molecular flexibility index (Phi) is 2.45. The third-order valence-electron chi connectivity index (χ3n) is 1.89. The first-order chi connectivity index (χ1) is 4.36. The van der Waals surface area contributed by atoms with E-state index in [0.29, 0.717) is 19.2 Å². The van der Waals surface area contributed by atoms with Crippen LogP contribution in [-0.4, -0.2) is 36.4 Å². The number of likely N-dealkylation sites (tertiary alicyclic amines) is 1. The van der Waals surface area contributed by atoms with Crippen molar-refractivity contribution in [3.8, 4) is 0 Å². The van der Waals surface area contributed by atoms with Crippen molar-refractivity contribution >= 4 is 0 Å². The monoisotopic (exact) mass is 130 g/mol. The molecule has 1 aliphatic rings. The third-order valence-corrected chi connectivity index (χ3v) is 1.89. The van der Waals surface area contributed by atoms with Gasteiger partial charge < -0.3 is 10.8 Å². The minimum absolute atomic E-state index is 0.316. The van der Waals surface area contributed by atoms with Crippen LogP contribution < -0.4 is 5.73 Å². The normalized spacial score (nSPS) is 29.3. The summed E-state index contributed by atoms with van der Waals surface area (Å²) in [5.74, 6) is 0.480. The number of hydrogen-bond acceptors (Lipinski definition) is 3. The lowest BCUT2D eigenvalue weighted by atomic mass is 10.1. The van der Waals surface area contributed by atoms with Crippen LogP contribution >= 0.6 is 0 Å². The van der Waals surface area contributed by atoms with Gasteiger partial charge >= 0.3 is 0 Å². The fraction of sp³-hybridized carbons (Fsp3) is 1.00. The van der Waals surface area contributed by atoms with E-state index in [4.69, 9.17) is 10.8 Å². The van der Waals surface area contributed by atoms with Crippen molar-refractivity contribution in [2.45, 2.75) is 6.42 Å². The highest BCUT2D eigenvalue weighted by molar-refractivity contribution is 4.72. The lowest BCUT2D eigenvalue weighted by molar-refractivity contribution is 0.223. The van der Waals surface area contributed by atoms with Crippen LogP contribution in [0.4, 0.5) is 0 Å². The summed E-state index contributed by atoms with van der Waals surface area (Å²) in [6, 6.07) is 0.